The molecule has 8 nitrogen and oxygen atoms in total. The van der Waals surface area contributed by atoms with Gasteiger partial charge in [0, 0.05) is 23.1 Å². The van der Waals surface area contributed by atoms with Gasteiger partial charge in [0.25, 0.3) is 0 Å². The Balaban J connectivity index is 2.26. The van der Waals surface area contributed by atoms with Gasteiger partial charge in [-0.05, 0) is 31.0 Å². The second kappa shape index (κ2) is 8.53. The van der Waals surface area contributed by atoms with Gasteiger partial charge >= 0.3 is 5.97 Å². The molecule has 1 saturated heterocycles. The first kappa shape index (κ1) is 20.9. The van der Waals surface area contributed by atoms with Crippen LogP contribution in [-0.2, 0) is 24.3 Å². The number of methoxy groups -OCH3 is 1. The van der Waals surface area contributed by atoms with E-state index in [1.165, 1.54) is 25.3 Å². The van der Waals surface area contributed by atoms with E-state index in [9.17, 15) is 18.0 Å². The van der Waals surface area contributed by atoms with Crippen molar-refractivity contribution in [3.05, 3.63) is 28.2 Å². The molecule has 1 aromatic carbocycles. The Kier molecular flexibility index (Phi) is 6.86. The third-order valence-corrected chi connectivity index (χ3v) is 6.31. The first-order chi connectivity index (χ1) is 12.2. The summed E-state index contributed by atoms with van der Waals surface area (Å²) < 4.78 is 31.5. The first-order valence-electron chi connectivity index (χ1n) is 7.77. The van der Waals surface area contributed by atoms with Crippen molar-refractivity contribution in [1.29, 1.82) is 0 Å². The Morgan fingerprint density at radius 2 is 1.96 bits per heavy atom. The van der Waals surface area contributed by atoms with Crippen molar-refractivity contribution in [1.82, 2.24) is 9.62 Å². The quantitative estimate of drug-likeness (QED) is 0.651. The number of carbonyl (C=O) groups is 2. The minimum absolute atomic E-state index is 0.0990. The zero-order valence-corrected chi connectivity index (χ0v) is 16.3. The molecule has 0 aromatic heterocycles. The zero-order valence-electron chi connectivity index (χ0n) is 13.9. The standard InChI is InChI=1S/C15H19Cl2N3O5S/c1-25-15(22)12(8-18)19-14(21)13-3-2-4-20(13)26(23,24)11-6-9(16)5-10(17)7-11/h5-7,12-13H,2-4,8,18H2,1H3,(H,19,21)/t12-,13-/m0/s1. The van der Waals surface area contributed by atoms with E-state index in [1.54, 1.807) is 0 Å². The van der Waals surface area contributed by atoms with Crippen molar-refractivity contribution < 1.29 is 22.7 Å². The maximum absolute atomic E-state index is 12.9. The summed E-state index contributed by atoms with van der Waals surface area (Å²) in [5, 5.41) is 2.78. The Bertz CT molecular complexity index is 782. The molecule has 0 radical (unpaired) electrons. The van der Waals surface area contributed by atoms with Crippen molar-refractivity contribution in [3.8, 4) is 0 Å². The number of nitrogens with two attached hydrogens (primary N) is 1. The minimum atomic E-state index is -3.99. The van der Waals surface area contributed by atoms with Crippen LogP contribution in [0.1, 0.15) is 12.8 Å². The van der Waals surface area contributed by atoms with Crippen LogP contribution in [-0.4, -0.2) is 56.9 Å². The van der Waals surface area contributed by atoms with Gasteiger partial charge in [0.1, 0.15) is 12.1 Å². The van der Waals surface area contributed by atoms with E-state index in [0.29, 0.717) is 12.8 Å². The number of amides is 1. The van der Waals surface area contributed by atoms with Gasteiger partial charge < -0.3 is 15.8 Å². The predicted octanol–water partition coefficient (Wildman–Crippen LogP) is 0.763. The van der Waals surface area contributed by atoms with Crippen LogP contribution >= 0.6 is 23.2 Å². The molecular weight excluding hydrogens is 405 g/mol. The topological polar surface area (TPSA) is 119 Å². The molecule has 26 heavy (non-hydrogen) atoms. The normalized spacial score (nSPS) is 19.2. The van der Waals surface area contributed by atoms with Gasteiger partial charge in [-0.3, -0.25) is 4.79 Å². The monoisotopic (exact) mass is 423 g/mol. The van der Waals surface area contributed by atoms with Gasteiger partial charge in [0.15, 0.2) is 0 Å². The molecule has 1 heterocycles. The van der Waals surface area contributed by atoms with Gasteiger partial charge in [-0.15, -0.1) is 0 Å². The molecule has 1 amide bonds. The van der Waals surface area contributed by atoms with E-state index in [1.807, 2.05) is 0 Å². The van der Waals surface area contributed by atoms with Crippen LogP contribution in [0.3, 0.4) is 0 Å². The average Bonchev–Trinajstić information content (AvgIpc) is 3.08. The Morgan fingerprint density at radius 3 is 2.50 bits per heavy atom. The third-order valence-electron chi connectivity index (χ3n) is 3.99. The number of hydrogen-bond acceptors (Lipinski definition) is 6. The second-order valence-electron chi connectivity index (χ2n) is 5.70. The Hall–Kier alpha value is -1.39. The summed E-state index contributed by atoms with van der Waals surface area (Å²) >= 11 is 11.8. The van der Waals surface area contributed by atoms with Crippen LogP contribution in [0.5, 0.6) is 0 Å². The fraction of sp³-hybridized carbons (Fsp3) is 0.467. The number of hydrogen-bond donors (Lipinski definition) is 2. The first-order valence-corrected chi connectivity index (χ1v) is 9.96. The molecule has 0 bridgehead atoms. The van der Waals surface area contributed by atoms with E-state index in [4.69, 9.17) is 28.9 Å². The van der Waals surface area contributed by atoms with Crippen LogP contribution in [0.4, 0.5) is 0 Å². The molecule has 0 unspecified atom stereocenters. The van der Waals surface area contributed by atoms with E-state index < -0.39 is 34.0 Å². The Morgan fingerprint density at radius 1 is 1.35 bits per heavy atom. The molecule has 1 aliphatic heterocycles. The summed E-state index contributed by atoms with van der Waals surface area (Å²) in [6, 6.07) is 1.95. The molecule has 1 aromatic rings. The number of nitrogens with one attached hydrogen (secondary N) is 1. The van der Waals surface area contributed by atoms with E-state index in [-0.39, 0.29) is 28.0 Å². The zero-order chi connectivity index (χ0) is 19.5. The highest BCUT2D eigenvalue weighted by Gasteiger charge is 2.40. The largest absolute Gasteiger partial charge is 0.467 e. The smallest absolute Gasteiger partial charge is 0.329 e. The lowest BCUT2D eigenvalue weighted by atomic mass is 10.2. The van der Waals surface area contributed by atoms with Crippen molar-refractivity contribution in [2.24, 2.45) is 5.73 Å². The lowest BCUT2D eigenvalue weighted by molar-refractivity contribution is -0.145. The molecule has 1 fully saturated rings. The molecule has 3 N–H and O–H groups in total. The van der Waals surface area contributed by atoms with E-state index in [2.05, 4.69) is 10.1 Å². The summed E-state index contributed by atoms with van der Waals surface area (Å²) in [4.78, 5) is 24.0. The maximum atomic E-state index is 12.9. The van der Waals surface area contributed by atoms with E-state index in [0.717, 1.165) is 4.31 Å². The molecule has 0 saturated carbocycles. The molecule has 1 aliphatic rings. The number of halogens is 2. The van der Waals surface area contributed by atoms with E-state index >= 15 is 0 Å². The highest BCUT2D eigenvalue weighted by atomic mass is 35.5. The second-order valence-corrected chi connectivity index (χ2v) is 8.46. The lowest BCUT2D eigenvalue weighted by Crippen LogP contribution is -2.53. The SMILES string of the molecule is COC(=O)[C@H](CN)NC(=O)[C@@H]1CCCN1S(=O)(=O)c1cc(Cl)cc(Cl)c1. The van der Waals surface area contributed by atoms with Crippen LogP contribution in [0.2, 0.25) is 10.0 Å². The molecule has 0 spiro atoms. The highest BCUT2D eigenvalue weighted by molar-refractivity contribution is 7.89. The van der Waals surface area contributed by atoms with Gasteiger partial charge in [0.05, 0.1) is 12.0 Å². The summed E-state index contributed by atoms with van der Waals surface area (Å²) in [7, 11) is -2.82. The van der Waals surface area contributed by atoms with Crippen LogP contribution in [0.15, 0.2) is 23.1 Å². The number of benzene rings is 1. The Labute approximate surface area is 161 Å². The van der Waals surface area contributed by atoms with Crippen LogP contribution < -0.4 is 11.1 Å². The molecule has 11 heteroatoms. The predicted molar refractivity (Wildman–Crippen MR) is 96.4 cm³/mol. The fourth-order valence-corrected chi connectivity index (χ4v) is 5.11. The molecule has 0 aliphatic carbocycles. The summed E-state index contributed by atoms with van der Waals surface area (Å²) in [6.45, 7) is -0.00213. The van der Waals surface area contributed by atoms with Gasteiger partial charge in [-0.1, -0.05) is 23.2 Å². The van der Waals surface area contributed by atoms with Gasteiger partial charge in [-0.2, -0.15) is 4.31 Å². The molecular formula is C15H19Cl2N3O5S. The third kappa shape index (κ3) is 4.47. The van der Waals surface area contributed by atoms with Crippen molar-refractivity contribution in [3.63, 3.8) is 0 Å². The summed E-state index contributed by atoms with van der Waals surface area (Å²) in [5.41, 5.74) is 5.46. The number of esters is 1. The fourth-order valence-electron chi connectivity index (χ4n) is 2.73. The lowest BCUT2D eigenvalue weighted by Gasteiger charge is -2.25. The van der Waals surface area contributed by atoms with Gasteiger partial charge in [0.2, 0.25) is 15.9 Å². The summed E-state index contributed by atoms with van der Waals surface area (Å²) in [5.74, 6) is -1.31. The molecule has 144 valence electrons. The van der Waals surface area contributed by atoms with Crippen molar-refractivity contribution in [2.45, 2.75) is 29.8 Å². The molecule has 2 atom stereocenters. The molecule has 2 rings (SSSR count). The van der Waals surface area contributed by atoms with Crippen LogP contribution in [0, 0.1) is 0 Å². The summed E-state index contributed by atoms with van der Waals surface area (Å²) in [6.07, 6.45) is 0.814. The van der Waals surface area contributed by atoms with Crippen molar-refractivity contribution >= 4 is 45.1 Å². The van der Waals surface area contributed by atoms with Crippen molar-refractivity contribution in [2.75, 3.05) is 20.2 Å². The van der Waals surface area contributed by atoms with Crippen LogP contribution in [0.25, 0.3) is 0 Å². The average molecular weight is 424 g/mol. The number of rotatable bonds is 6. The highest BCUT2D eigenvalue weighted by Crippen LogP contribution is 2.29. The number of carbonyl (C=O) groups excluding carboxylic acids is 2. The van der Waals surface area contributed by atoms with Gasteiger partial charge in [-0.25, -0.2) is 13.2 Å². The maximum Gasteiger partial charge on any atom is 0.329 e. The minimum Gasteiger partial charge on any atom is -0.467 e. The number of ether oxygens (including phenoxy) is 1. The number of nitrogens with zero attached hydrogens (tertiary/aromatic N) is 1. The number of sulfonamides is 1.